The van der Waals surface area contributed by atoms with Gasteiger partial charge in [0.2, 0.25) is 11.8 Å². The number of nitrogens with one attached hydrogen (secondary N) is 2. The molecule has 6 nitrogen and oxygen atoms in total. The number of carbonyl (C=O) groups is 2. The lowest BCUT2D eigenvalue weighted by Crippen LogP contribution is -2.37. The van der Waals surface area contributed by atoms with Crippen molar-refractivity contribution in [1.29, 1.82) is 0 Å². The first-order valence-electron chi connectivity index (χ1n) is 10.9. The topological polar surface area (TPSA) is 76.0 Å². The molecule has 0 spiro atoms. The third kappa shape index (κ3) is 4.10. The molecule has 2 heterocycles. The van der Waals surface area contributed by atoms with E-state index in [1.807, 2.05) is 48.7 Å². The van der Waals surface area contributed by atoms with Gasteiger partial charge in [0.25, 0.3) is 0 Å². The van der Waals surface area contributed by atoms with Gasteiger partial charge < -0.3 is 10.6 Å². The Morgan fingerprint density at radius 1 is 1.13 bits per heavy atom. The van der Waals surface area contributed by atoms with Gasteiger partial charge in [-0.15, -0.1) is 0 Å². The van der Waals surface area contributed by atoms with Gasteiger partial charge in [0, 0.05) is 23.4 Å². The van der Waals surface area contributed by atoms with Gasteiger partial charge in [-0.1, -0.05) is 48.5 Å². The van der Waals surface area contributed by atoms with Crippen LogP contribution in [0.3, 0.4) is 0 Å². The number of hydrogen-bond donors (Lipinski definition) is 2. The van der Waals surface area contributed by atoms with Gasteiger partial charge in [-0.3, -0.25) is 14.3 Å². The van der Waals surface area contributed by atoms with Crippen molar-refractivity contribution in [2.45, 2.75) is 44.7 Å². The molecule has 5 rings (SSSR count). The van der Waals surface area contributed by atoms with Crippen molar-refractivity contribution in [3.8, 4) is 0 Å². The van der Waals surface area contributed by atoms with Crippen molar-refractivity contribution in [3.05, 3.63) is 83.2 Å². The smallest absolute Gasteiger partial charge is 0.228 e. The molecule has 0 radical (unpaired) electrons. The van der Waals surface area contributed by atoms with E-state index in [1.54, 1.807) is 0 Å². The fourth-order valence-electron chi connectivity index (χ4n) is 4.72. The van der Waals surface area contributed by atoms with Crippen molar-refractivity contribution in [2.75, 3.05) is 5.32 Å². The Kier molecular flexibility index (Phi) is 5.28. The molecule has 2 atom stereocenters. The maximum atomic E-state index is 12.8. The van der Waals surface area contributed by atoms with E-state index in [0.29, 0.717) is 6.42 Å². The highest BCUT2D eigenvalue weighted by atomic mass is 16.2. The molecule has 2 unspecified atom stereocenters. The van der Waals surface area contributed by atoms with E-state index in [9.17, 15) is 9.59 Å². The SMILES string of the molecule is O=C(CC1Cc2ccccc2NC1=O)NC1CCCc2c1cnn2Cc1ccccc1. The second-order valence-corrected chi connectivity index (χ2v) is 8.45. The molecule has 0 fully saturated rings. The number of nitrogens with zero attached hydrogens (tertiary/aromatic N) is 2. The highest BCUT2D eigenvalue weighted by Gasteiger charge is 2.30. The first-order valence-corrected chi connectivity index (χ1v) is 10.9. The van der Waals surface area contributed by atoms with Crippen LogP contribution in [0.2, 0.25) is 0 Å². The van der Waals surface area contributed by atoms with Crippen LogP contribution >= 0.6 is 0 Å². The number of para-hydroxylation sites is 1. The van der Waals surface area contributed by atoms with Gasteiger partial charge in [-0.25, -0.2) is 0 Å². The number of carbonyl (C=O) groups excluding carboxylic acids is 2. The van der Waals surface area contributed by atoms with Gasteiger partial charge >= 0.3 is 0 Å². The highest BCUT2D eigenvalue weighted by molar-refractivity contribution is 5.98. The zero-order valence-corrected chi connectivity index (χ0v) is 17.4. The molecular weight excluding hydrogens is 388 g/mol. The summed E-state index contributed by atoms with van der Waals surface area (Å²) in [6.45, 7) is 0.735. The summed E-state index contributed by atoms with van der Waals surface area (Å²) in [6.07, 6.45) is 5.57. The van der Waals surface area contributed by atoms with Gasteiger partial charge in [0.1, 0.15) is 0 Å². The minimum absolute atomic E-state index is 0.0419. The molecule has 1 aromatic heterocycles. The van der Waals surface area contributed by atoms with Crippen LogP contribution in [0.1, 0.15) is 47.7 Å². The first-order chi connectivity index (χ1) is 15.2. The molecule has 2 amide bonds. The first kappa shape index (κ1) is 19.5. The summed E-state index contributed by atoms with van der Waals surface area (Å²) in [5.41, 5.74) is 5.45. The van der Waals surface area contributed by atoms with Crippen LogP contribution < -0.4 is 10.6 Å². The predicted molar refractivity (Wildman–Crippen MR) is 118 cm³/mol. The Morgan fingerprint density at radius 2 is 1.94 bits per heavy atom. The zero-order chi connectivity index (χ0) is 21.2. The number of benzene rings is 2. The molecule has 158 valence electrons. The van der Waals surface area contributed by atoms with Crippen LogP contribution in [-0.4, -0.2) is 21.6 Å². The molecule has 3 aromatic rings. The second kappa shape index (κ2) is 8.38. The van der Waals surface area contributed by atoms with E-state index in [2.05, 4.69) is 32.5 Å². The fraction of sp³-hybridized carbons (Fsp3) is 0.320. The van der Waals surface area contributed by atoms with Crippen LogP contribution in [0.15, 0.2) is 60.8 Å². The van der Waals surface area contributed by atoms with Crippen LogP contribution in [0.25, 0.3) is 0 Å². The number of fused-ring (bicyclic) bond motifs is 2. The third-order valence-electron chi connectivity index (χ3n) is 6.32. The second-order valence-electron chi connectivity index (χ2n) is 8.45. The Morgan fingerprint density at radius 3 is 2.81 bits per heavy atom. The zero-order valence-electron chi connectivity index (χ0n) is 17.4. The van der Waals surface area contributed by atoms with Crippen molar-refractivity contribution >= 4 is 17.5 Å². The summed E-state index contributed by atoms with van der Waals surface area (Å²) in [4.78, 5) is 25.3. The van der Waals surface area contributed by atoms with Gasteiger partial charge in [-0.05, 0) is 42.9 Å². The maximum Gasteiger partial charge on any atom is 0.228 e. The summed E-state index contributed by atoms with van der Waals surface area (Å²) < 4.78 is 2.05. The van der Waals surface area contributed by atoms with Crippen molar-refractivity contribution < 1.29 is 9.59 Å². The molecule has 2 aromatic carbocycles. The lowest BCUT2D eigenvalue weighted by atomic mass is 9.89. The Labute approximate surface area is 181 Å². The summed E-state index contributed by atoms with van der Waals surface area (Å²) in [7, 11) is 0. The monoisotopic (exact) mass is 414 g/mol. The number of rotatable bonds is 5. The van der Waals surface area contributed by atoms with Crippen LogP contribution in [-0.2, 0) is 29.0 Å². The molecule has 6 heteroatoms. The molecule has 0 saturated heterocycles. The lowest BCUT2D eigenvalue weighted by Gasteiger charge is -2.27. The molecule has 1 aliphatic carbocycles. The third-order valence-corrected chi connectivity index (χ3v) is 6.32. The van der Waals surface area contributed by atoms with E-state index in [0.717, 1.165) is 42.6 Å². The summed E-state index contributed by atoms with van der Waals surface area (Å²) in [6, 6.07) is 18.0. The standard InChI is InChI=1S/C25H26N4O2/c30-24(14-19-13-18-9-4-5-10-21(18)28-25(19)31)27-22-11-6-12-23-20(22)15-26-29(23)16-17-7-2-1-3-8-17/h1-5,7-10,15,19,22H,6,11-14,16H2,(H,27,30)(H,28,31). The predicted octanol–water partition coefficient (Wildman–Crippen LogP) is 3.63. The Balaban J connectivity index is 1.25. The largest absolute Gasteiger partial charge is 0.349 e. The van der Waals surface area contributed by atoms with Crippen LogP contribution in [0.5, 0.6) is 0 Å². The molecule has 1 aliphatic heterocycles. The highest BCUT2D eigenvalue weighted by Crippen LogP contribution is 2.31. The van der Waals surface area contributed by atoms with Crippen LogP contribution in [0.4, 0.5) is 5.69 Å². The van der Waals surface area contributed by atoms with Crippen LogP contribution in [0, 0.1) is 5.92 Å². The van der Waals surface area contributed by atoms with E-state index >= 15 is 0 Å². The van der Waals surface area contributed by atoms with E-state index in [4.69, 9.17) is 0 Å². The number of amides is 2. The summed E-state index contributed by atoms with van der Waals surface area (Å²) >= 11 is 0. The maximum absolute atomic E-state index is 12.8. The quantitative estimate of drug-likeness (QED) is 0.669. The van der Waals surface area contributed by atoms with Gasteiger partial charge in [0.05, 0.1) is 24.7 Å². The van der Waals surface area contributed by atoms with Gasteiger partial charge in [-0.2, -0.15) is 5.10 Å². The molecule has 0 bridgehead atoms. The average molecular weight is 415 g/mol. The molecule has 2 aliphatic rings. The van der Waals surface area contributed by atoms with E-state index in [1.165, 1.54) is 11.3 Å². The number of aromatic nitrogens is 2. The average Bonchev–Trinajstić information content (AvgIpc) is 3.19. The lowest BCUT2D eigenvalue weighted by molar-refractivity contribution is -0.128. The summed E-state index contributed by atoms with van der Waals surface area (Å²) in [5, 5.41) is 10.7. The molecule has 31 heavy (non-hydrogen) atoms. The molecular formula is C25H26N4O2. The van der Waals surface area contributed by atoms with Crippen molar-refractivity contribution in [1.82, 2.24) is 15.1 Å². The van der Waals surface area contributed by atoms with E-state index < -0.39 is 0 Å². The number of hydrogen-bond acceptors (Lipinski definition) is 3. The molecule has 0 saturated carbocycles. The Hall–Kier alpha value is -3.41. The number of anilines is 1. The summed E-state index contributed by atoms with van der Waals surface area (Å²) in [5.74, 6) is -0.485. The Bertz CT molecular complexity index is 1110. The van der Waals surface area contributed by atoms with E-state index in [-0.39, 0.29) is 30.2 Å². The normalized spacial score (nSPS) is 19.8. The fourth-order valence-corrected chi connectivity index (χ4v) is 4.72. The minimum atomic E-state index is -0.334. The van der Waals surface area contributed by atoms with Crippen molar-refractivity contribution in [2.24, 2.45) is 5.92 Å². The van der Waals surface area contributed by atoms with Gasteiger partial charge in [0.15, 0.2) is 0 Å². The molecule has 2 N–H and O–H groups in total. The minimum Gasteiger partial charge on any atom is -0.349 e. The van der Waals surface area contributed by atoms with Crippen molar-refractivity contribution in [3.63, 3.8) is 0 Å².